The molecule has 1 aliphatic heterocycles. The van der Waals surface area contributed by atoms with Gasteiger partial charge < -0.3 is 15.4 Å². The number of hydrogen-bond donors (Lipinski definition) is 1. The Morgan fingerprint density at radius 1 is 1.19 bits per heavy atom. The summed E-state index contributed by atoms with van der Waals surface area (Å²) in [5.41, 5.74) is 10.7. The number of carbonyl (C=O) groups excluding carboxylic acids is 2. The smallest absolute Gasteiger partial charge is 0.255 e. The Kier molecular flexibility index (Phi) is 5.60. The molecule has 5 heteroatoms. The first-order valence-corrected chi connectivity index (χ1v) is 9.05. The van der Waals surface area contributed by atoms with Gasteiger partial charge in [0.1, 0.15) is 5.75 Å². The van der Waals surface area contributed by atoms with E-state index in [0.29, 0.717) is 5.75 Å². The Labute approximate surface area is 159 Å². The summed E-state index contributed by atoms with van der Waals surface area (Å²) in [7, 11) is 0. The highest BCUT2D eigenvalue weighted by Crippen LogP contribution is 2.31. The van der Waals surface area contributed by atoms with Crippen molar-refractivity contribution in [3.63, 3.8) is 0 Å². The van der Waals surface area contributed by atoms with E-state index in [4.69, 9.17) is 10.5 Å². The number of aryl methyl sites for hydroxylation is 2. The summed E-state index contributed by atoms with van der Waals surface area (Å²) in [5.74, 6) is 0.0278. The number of primary amides is 1. The molecule has 0 radical (unpaired) electrons. The maximum atomic E-state index is 12.8. The second-order valence-corrected chi connectivity index (χ2v) is 6.83. The van der Waals surface area contributed by atoms with Crippen molar-refractivity contribution >= 4 is 23.6 Å². The molecule has 3 rings (SSSR count). The molecule has 0 saturated heterocycles. The number of nitrogens with zero attached hydrogens (tertiary/aromatic N) is 1. The molecular formula is C22H24N2O3. The zero-order valence-corrected chi connectivity index (χ0v) is 15.7. The molecule has 1 aliphatic rings. The number of anilines is 1. The zero-order chi connectivity index (χ0) is 19.4. The van der Waals surface area contributed by atoms with Crippen molar-refractivity contribution < 1.29 is 14.3 Å². The maximum Gasteiger partial charge on any atom is 0.255 e. The second kappa shape index (κ2) is 8.08. The Morgan fingerprint density at radius 2 is 1.93 bits per heavy atom. The van der Waals surface area contributed by atoms with Crippen molar-refractivity contribution in [2.24, 2.45) is 5.73 Å². The van der Waals surface area contributed by atoms with E-state index in [1.807, 2.05) is 17.0 Å². The molecule has 0 aliphatic carbocycles. The summed E-state index contributed by atoms with van der Waals surface area (Å²) in [6, 6.07) is 11.4. The third-order valence-corrected chi connectivity index (χ3v) is 4.64. The van der Waals surface area contributed by atoms with E-state index in [0.717, 1.165) is 30.6 Å². The average molecular weight is 364 g/mol. The van der Waals surface area contributed by atoms with Crippen molar-refractivity contribution in [2.45, 2.75) is 26.7 Å². The third-order valence-electron chi connectivity index (χ3n) is 4.64. The van der Waals surface area contributed by atoms with Gasteiger partial charge in [-0.2, -0.15) is 0 Å². The van der Waals surface area contributed by atoms with Crippen LogP contribution < -0.4 is 15.4 Å². The van der Waals surface area contributed by atoms with Crippen LogP contribution in [0.1, 0.15) is 28.7 Å². The number of fused-ring (bicyclic) bond motifs is 1. The molecule has 140 valence electrons. The third kappa shape index (κ3) is 4.56. The molecule has 1 heterocycles. The van der Waals surface area contributed by atoms with Gasteiger partial charge in [-0.3, -0.25) is 9.59 Å². The maximum absolute atomic E-state index is 12.8. The van der Waals surface area contributed by atoms with Gasteiger partial charge in [-0.1, -0.05) is 18.2 Å². The van der Waals surface area contributed by atoms with E-state index in [1.165, 1.54) is 16.7 Å². The van der Waals surface area contributed by atoms with Crippen molar-refractivity contribution in [3.05, 3.63) is 64.7 Å². The predicted molar refractivity (Wildman–Crippen MR) is 107 cm³/mol. The van der Waals surface area contributed by atoms with E-state index < -0.39 is 5.91 Å². The number of nitrogens with two attached hydrogens (primary N) is 1. The largest absolute Gasteiger partial charge is 0.484 e. The Hall–Kier alpha value is -3.08. The van der Waals surface area contributed by atoms with Gasteiger partial charge in [0.05, 0.1) is 0 Å². The Morgan fingerprint density at radius 3 is 2.63 bits per heavy atom. The topological polar surface area (TPSA) is 72.6 Å². The zero-order valence-electron chi connectivity index (χ0n) is 15.7. The SMILES string of the molecule is Cc1cc(C)c2c(c1)N(C(=O)/C=C/c1ccc(OCC(N)=O)cc1)CCC2. The van der Waals surface area contributed by atoms with Crippen LogP contribution in [0.2, 0.25) is 0 Å². The van der Waals surface area contributed by atoms with Gasteiger partial charge >= 0.3 is 0 Å². The molecule has 2 aromatic carbocycles. The molecule has 2 amide bonds. The fraction of sp³-hybridized carbons (Fsp3) is 0.273. The Bertz CT molecular complexity index is 885. The van der Waals surface area contributed by atoms with Crippen LogP contribution in [-0.2, 0) is 16.0 Å². The first-order chi connectivity index (χ1) is 12.9. The number of ether oxygens (including phenoxy) is 1. The van der Waals surface area contributed by atoms with Crippen LogP contribution in [-0.4, -0.2) is 25.0 Å². The van der Waals surface area contributed by atoms with E-state index in [-0.39, 0.29) is 12.5 Å². The van der Waals surface area contributed by atoms with E-state index >= 15 is 0 Å². The molecule has 27 heavy (non-hydrogen) atoms. The van der Waals surface area contributed by atoms with Crippen molar-refractivity contribution in [1.29, 1.82) is 0 Å². The number of benzene rings is 2. The fourth-order valence-electron chi connectivity index (χ4n) is 3.39. The molecule has 2 aromatic rings. The minimum absolute atomic E-state index is 0.0185. The van der Waals surface area contributed by atoms with Crippen LogP contribution in [0.3, 0.4) is 0 Å². The number of rotatable bonds is 5. The summed E-state index contributed by atoms with van der Waals surface area (Å²) in [6.07, 6.45) is 5.38. The van der Waals surface area contributed by atoms with Crippen LogP contribution >= 0.6 is 0 Å². The lowest BCUT2D eigenvalue weighted by Crippen LogP contribution is -2.34. The molecular weight excluding hydrogens is 340 g/mol. The van der Waals surface area contributed by atoms with Gasteiger partial charge in [0.15, 0.2) is 6.61 Å². The van der Waals surface area contributed by atoms with Gasteiger partial charge in [-0.15, -0.1) is 0 Å². The molecule has 0 bridgehead atoms. The quantitative estimate of drug-likeness (QED) is 0.829. The first-order valence-electron chi connectivity index (χ1n) is 9.05. The minimum atomic E-state index is -0.517. The number of carbonyl (C=O) groups is 2. The van der Waals surface area contributed by atoms with Gasteiger partial charge in [-0.25, -0.2) is 0 Å². The van der Waals surface area contributed by atoms with Crippen LogP contribution in [0.4, 0.5) is 5.69 Å². The van der Waals surface area contributed by atoms with E-state index in [9.17, 15) is 9.59 Å². The molecule has 0 aromatic heterocycles. The lowest BCUT2D eigenvalue weighted by molar-refractivity contribution is -0.120. The highest BCUT2D eigenvalue weighted by Gasteiger charge is 2.22. The Balaban J connectivity index is 1.72. The minimum Gasteiger partial charge on any atom is -0.484 e. The molecule has 0 fully saturated rings. The van der Waals surface area contributed by atoms with Crippen LogP contribution in [0.5, 0.6) is 5.75 Å². The summed E-state index contributed by atoms with van der Waals surface area (Å²) in [5, 5.41) is 0. The van der Waals surface area contributed by atoms with E-state index in [2.05, 4.69) is 26.0 Å². The molecule has 5 nitrogen and oxygen atoms in total. The van der Waals surface area contributed by atoms with Gasteiger partial charge in [0.25, 0.3) is 11.8 Å². The van der Waals surface area contributed by atoms with Crippen LogP contribution in [0, 0.1) is 13.8 Å². The first kappa shape index (κ1) is 18.7. The lowest BCUT2D eigenvalue weighted by Gasteiger charge is -2.30. The summed E-state index contributed by atoms with van der Waals surface area (Å²) >= 11 is 0. The van der Waals surface area contributed by atoms with Crippen LogP contribution in [0.25, 0.3) is 6.08 Å². The lowest BCUT2D eigenvalue weighted by atomic mass is 9.95. The molecule has 0 unspecified atom stereocenters. The summed E-state index contributed by atoms with van der Waals surface area (Å²) < 4.78 is 5.23. The van der Waals surface area contributed by atoms with Crippen molar-refractivity contribution in [2.75, 3.05) is 18.1 Å². The fourth-order valence-corrected chi connectivity index (χ4v) is 3.39. The second-order valence-electron chi connectivity index (χ2n) is 6.83. The van der Waals surface area contributed by atoms with Gasteiger partial charge in [0, 0.05) is 18.3 Å². The predicted octanol–water partition coefficient (Wildman–Crippen LogP) is 3.16. The van der Waals surface area contributed by atoms with Gasteiger partial charge in [-0.05, 0) is 73.2 Å². The molecule has 0 saturated carbocycles. The standard InChI is InChI=1S/C22H24N2O3/c1-15-12-16(2)19-4-3-11-24(20(19)13-15)22(26)10-7-17-5-8-18(9-6-17)27-14-21(23)25/h5-10,12-13H,3-4,11,14H2,1-2H3,(H2,23,25)/b10-7+. The van der Waals surface area contributed by atoms with Gasteiger partial charge in [0.2, 0.25) is 0 Å². The summed E-state index contributed by atoms with van der Waals surface area (Å²) in [4.78, 5) is 25.4. The highest BCUT2D eigenvalue weighted by molar-refractivity contribution is 6.04. The normalized spacial score (nSPS) is 13.5. The van der Waals surface area contributed by atoms with Crippen LogP contribution in [0.15, 0.2) is 42.5 Å². The monoisotopic (exact) mass is 364 g/mol. The number of amides is 2. The number of hydrogen-bond acceptors (Lipinski definition) is 3. The van der Waals surface area contributed by atoms with Crippen molar-refractivity contribution in [1.82, 2.24) is 0 Å². The highest BCUT2D eigenvalue weighted by atomic mass is 16.5. The molecule has 0 spiro atoms. The average Bonchev–Trinajstić information content (AvgIpc) is 2.64. The summed E-state index contributed by atoms with van der Waals surface area (Å²) in [6.45, 7) is 4.75. The van der Waals surface area contributed by atoms with Crippen molar-refractivity contribution in [3.8, 4) is 5.75 Å². The van der Waals surface area contributed by atoms with E-state index in [1.54, 1.807) is 24.3 Å². The molecule has 0 atom stereocenters. The molecule has 2 N–H and O–H groups in total.